The highest BCUT2D eigenvalue weighted by Crippen LogP contribution is 2.29. The summed E-state index contributed by atoms with van der Waals surface area (Å²) in [7, 11) is 0. The maximum atomic E-state index is 12.5. The third-order valence-corrected chi connectivity index (χ3v) is 3.71. The number of hydrogen-bond donors (Lipinski definition) is 1. The average Bonchev–Trinajstić information content (AvgIpc) is 3.30. The zero-order valence-electron chi connectivity index (χ0n) is 12.3. The average molecular weight is 280 g/mol. The Hall–Kier alpha value is -2.29. The van der Waals surface area contributed by atoms with Gasteiger partial charge in [0.2, 0.25) is 0 Å². The van der Waals surface area contributed by atoms with Crippen molar-refractivity contribution in [2.24, 2.45) is 0 Å². The monoisotopic (exact) mass is 280 g/mol. The van der Waals surface area contributed by atoms with Crippen LogP contribution in [0.5, 0.6) is 0 Å². The van der Waals surface area contributed by atoms with Gasteiger partial charge in [-0.25, -0.2) is 4.79 Å². The molecule has 0 radical (unpaired) electrons. The normalized spacial score (nSPS) is 13.8. The van der Waals surface area contributed by atoms with Crippen LogP contribution in [0.3, 0.4) is 0 Å². The Labute approximate surface area is 125 Å². The number of rotatable bonds is 4. The molecule has 0 saturated heterocycles. The SMILES string of the molecule is Cc1cccc(CN(C(=O)Nc2ccccc2)C2CC2)c1. The number of amides is 2. The van der Waals surface area contributed by atoms with Crippen LogP contribution < -0.4 is 5.32 Å². The van der Waals surface area contributed by atoms with Gasteiger partial charge in [0.15, 0.2) is 0 Å². The van der Waals surface area contributed by atoms with E-state index in [-0.39, 0.29) is 6.03 Å². The van der Waals surface area contributed by atoms with Crippen molar-refractivity contribution >= 4 is 11.7 Å². The number of nitrogens with zero attached hydrogens (tertiary/aromatic N) is 1. The van der Waals surface area contributed by atoms with E-state index in [0.29, 0.717) is 12.6 Å². The standard InChI is InChI=1S/C18H20N2O/c1-14-6-5-7-15(12-14)13-20(17-10-11-17)18(21)19-16-8-3-2-4-9-16/h2-9,12,17H,10-11,13H2,1H3,(H,19,21). The van der Waals surface area contributed by atoms with Gasteiger partial charge in [-0.15, -0.1) is 0 Å². The molecule has 0 atom stereocenters. The molecule has 3 nitrogen and oxygen atoms in total. The molecule has 0 unspecified atom stereocenters. The number of carbonyl (C=O) groups excluding carboxylic acids is 1. The third kappa shape index (κ3) is 3.63. The van der Waals surface area contributed by atoms with Gasteiger partial charge < -0.3 is 10.2 Å². The maximum absolute atomic E-state index is 12.5. The molecule has 1 aliphatic carbocycles. The summed E-state index contributed by atoms with van der Waals surface area (Å²) in [6.07, 6.45) is 2.21. The van der Waals surface area contributed by atoms with E-state index in [9.17, 15) is 4.79 Å². The van der Waals surface area contributed by atoms with Crippen LogP contribution in [0, 0.1) is 6.92 Å². The third-order valence-electron chi connectivity index (χ3n) is 3.71. The van der Waals surface area contributed by atoms with E-state index < -0.39 is 0 Å². The van der Waals surface area contributed by atoms with Crippen molar-refractivity contribution in [3.63, 3.8) is 0 Å². The Balaban J connectivity index is 1.71. The molecule has 1 fully saturated rings. The number of anilines is 1. The molecule has 3 heteroatoms. The van der Waals surface area contributed by atoms with Gasteiger partial charge in [-0.3, -0.25) is 0 Å². The second kappa shape index (κ2) is 6.00. The fraction of sp³-hybridized carbons (Fsp3) is 0.278. The number of carbonyl (C=O) groups is 1. The minimum absolute atomic E-state index is 0.00907. The summed E-state index contributed by atoms with van der Waals surface area (Å²) >= 11 is 0. The van der Waals surface area contributed by atoms with Gasteiger partial charge in [0, 0.05) is 18.3 Å². The number of urea groups is 1. The van der Waals surface area contributed by atoms with Gasteiger partial charge in [-0.1, -0.05) is 48.0 Å². The number of hydrogen-bond acceptors (Lipinski definition) is 1. The second-order valence-electron chi connectivity index (χ2n) is 5.64. The topological polar surface area (TPSA) is 32.3 Å². The lowest BCUT2D eigenvalue weighted by atomic mass is 10.1. The predicted molar refractivity (Wildman–Crippen MR) is 85.2 cm³/mol. The summed E-state index contributed by atoms with van der Waals surface area (Å²) in [5.41, 5.74) is 3.26. The lowest BCUT2D eigenvalue weighted by Crippen LogP contribution is -2.36. The highest BCUT2D eigenvalue weighted by molar-refractivity contribution is 5.89. The fourth-order valence-electron chi connectivity index (χ4n) is 2.48. The minimum Gasteiger partial charge on any atom is -0.317 e. The van der Waals surface area contributed by atoms with Crippen LogP contribution in [0.4, 0.5) is 10.5 Å². The lowest BCUT2D eigenvalue weighted by molar-refractivity contribution is 0.206. The Morgan fingerprint density at radius 1 is 1.14 bits per heavy atom. The van der Waals surface area contributed by atoms with E-state index in [1.807, 2.05) is 41.3 Å². The van der Waals surface area contributed by atoms with E-state index in [1.165, 1.54) is 11.1 Å². The number of aryl methyl sites for hydroxylation is 1. The van der Waals surface area contributed by atoms with Crippen molar-refractivity contribution < 1.29 is 4.79 Å². The molecule has 1 N–H and O–H groups in total. The first-order valence-electron chi connectivity index (χ1n) is 7.40. The molecule has 0 bridgehead atoms. The number of benzene rings is 2. The zero-order valence-corrected chi connectivity index (χ0v) is 12.3. The molecule has 2 aromatic rings. The van der Waals surface area contributed by atoms with Crippen LogP contribution in [-0.4, -0.2) is 17.0 Å². The van der Waals surface area contributed by atoms with Gasteiger partial charge in [-0.05, 0) is 37.5 Å². The first kappa shape index (κ1) is 13.7. The van der Waals surface area contributed by atoms with E-state index in [0.717, 1.165) is 18.5 Å². The minimum atomic E-state index is -0.00907. The van der Waals surface area contributed by atoms with Crippen LogP contribution in [0.2, 0.25) is 0 Å². The second-order valence-corrected chi connectivity index (χ2v) is 5.64. The molecular formula is C18H20N2O. The van der Waals surface area contributed by atoms with Crippen LogP contribution in [0.15, 0.2) is 54.6 Å². The van der Waals surface area contributed by atoms with Crippen molar-refractivity contribution in [2.75, 3.05) is 5.32 Å². The molecule has 21 heavy (non-hydrogen) atoms. The Kier molecular flexibility index (Phi) is 3.91. The molecule has 1 aliphatic rings. The molecule has 0 spiro atoms. The molecule has 2 amide bonds. The summed E-state index contributed by atoms with van der Waals surface area (Å²) < 4.78 is 0. The molecule has 0 aromatic heterocycles. The maximum Gasteiger partial charge on any atom is 0.322 e. The summed E-state index contributed by atoms with van der Waals surface area (Å²) in [6, 6.07) is 18.4. The largest absolute Gasteiger partial charge is 0.322 e. The van der Waals surface area contributed by atoms with E-state index in [1.54, 1.807) is 0 Å². The van der Waals surface area contributed by atoms with Gasteiger partial charge in [-0.2, -0.15) is 0 Å². The van der Waals surface area contributed by atoms with Crippen molar-refractivity contribution in [1.82, 2.24) is 4.90 Å². The van der Waals surface area contributed by atoms with Crippen LogP contribution in [0.1, 0.15) is 24.0 Å². The van der Waals surface area contributed by atoms with Crippen molar-refractivity contribution in [2.45, 2.75) is 32.4 Å². The Morgan fingerprint density at radius 3 is 2.57 bits per heavy atom. The molecule has 1 saturated carbocycles. The first-order valence-corrected chi connectivity index (χ1v) is 7.40. The summed E-state index contributed by atoms with van der Waals surface area (Å²) in [5.74, 6) is 0. The van der Waals surface area contributed by atoms with Crippen LogP contribution >= 0.6 is 0 Å². The zero-order chi connectivity index (χ0) is 14.7. The molecule has 108 valence electrons. The van der Waals surface area contributed by atoms with E-state index in [4.69, 9.17) is 0 Å². The van der Waals surface area contributed by atoms with Crippen LogP contribution in [-0.2, 0) is 6.54 Å². The number of nitrogens with one attached hydrogen (secondary N) is 1. The molecular weight excluding hydrogens is 260 g/mol. The van der Waals surface area contributed by atoms with Gasteiger partial charge in [0.25, 0.3) is 0 Å². The molecule has 0 aliphatic heterocycles. The van der Waals surface area contributed by atoms with E-state index in [2.05, 4.69) is 30.4 Å². The quantitative estimate of drug-likeness (QED) is 0.894. The lowest BCUT2D eigenvalue weighted by Gasteiger charge is -2.23. The van der Waals surface area contributed by atoms with Gasteiger partial charge >= 0.3 is 6.03 Å². The Bertz CT molecular complexity index is 620. The predicted octanol–water partition coefficient (Wildman–Crippen LogP) is 4.19. The van der Waals surface area contributed by atoms with Crippen molar-refractivity contribution in [3.8, 4) is 0 Å². The summed E-state index contributed by atoms with van der Waals surface area (Å²) in [4.78, 5) is 14.4. The van der Waals surface area contributed by atoms with Gasteiger partial charge in [0.1, 0.15) is 0 Å². The van der Waals surface area contributed by atoms with Crippen molar-refractivity contribution in [3.05, 3.63) is 65.7 Å². The highest BCUT2D eigenvalue weighted by Gasteiger charge is 2.32. The van der Waals surface area contributed by atoms with Crippen molar-refractivity contribution in [1.29, 1.82) is 0 Å². The first-order chi connectivity index (χ1) is 10.2. The summed E-state index contributed by atoms with van der Waals surface area (Å²) in [6.45, 7) is 2.75. The van der Waals surface area contributed by atoms with Crippen LogP contribution in [0.25, 0.3) is 0 Å². The fourth-order valence-corrected chi connectivity index (χ4v) is 2.48. The highest BCUT2D eigenvalue weighted by atomic mass is 16.2. The smallest absolute Gasteiger partial charge is 0.317 e. The van der Waals surface area contributed by atoms with E-state index >= 15 is 0 Å². The summed E-state index contributed by atoms with van der Waals surface area (Å²) in [5, 5.41) is 2.99. The molecule has 2 aromatic carbocycles. The molecule has 3 rings (SSSR count). The number of para-hydroxylation sites is 1. The molecule has 0 heterocycles. The Morgan fingerprint density at radius 2 is 1.90 bits per heavy atom. The van der Waals surface area contributed by atoms with Gasteiger partial charge in [0.05, 0.1) is 0 Å².